The summed E-state index contributed by atoms with van der Waals surface area (Å²) >= 11 is 12.0. The van der Waals surface area contributed by atoms with Gasteiger partial charge >= 0.3 is 0 Å². The van der Waals surface area contributed by atoms with Gasteiger partial charge in [-0.25, -0.2) is 0 Å². The Hall–Kier alpha value is -0.730. The number of nitrogens with zero attached hydrogens (tertiary/aromatic N) is 1. The highest BCUT2D eigenvalue weighted by molar-refractivity contribution is 6.36. The number of hydrogen-bond donors (Lipinski definition) is 1. The van der Waals surface area contributed by atoms with Crippen LogP contribution >= 0.6 is 23.2 Å². The fourth-order valence-corrected chi connectivity index (χ4v) is 1.79. The fourth-order valence-electron chi connectivity index (χ4n) is 1.26. The van der Waals surface area contributed by atoms with Crippen molar-refractivity contribution in [2.24, 2.45) is 10.7 Å². The third-order valence-corrected chi connectivity index (χ3v) is 2.55. The molecule has 0 aliphatic rings. The number of amidine groups is 1. The van der Waals surface area contributed by atoms with Crippen molar-refractivity contribution in [2.45, 2.75) is 26.3 Å². The lowest BCUT2D eigenvalue weighted by Gasteiger charge is -2.07. The number of nitrogens with two attached hydrogens (primary N) is 1. The molecule has 0 amide bonds. The van der Waals surface area contributed by atoms with E-state index >= 15 is 0 Å². The van der Waals surface area contributed by atoms with Gasteiger partial charge in [0.15, 0.2) is 0 Å². The van der Waals surface area contributed by atoms with E-state index in [1.54, 1.807) is 12.1 Å². The summed E-state index contributed by atoms with van der Waals surface area (Å²) in [6, 6.07) is 5.59. The van der Waals surface area contributed by atoms with Crippen LogP contribution in [0.1, 0.15) is 19.4 Å². The van der Waals surface area contributed by atoms with Crippen molar-refractivity contribution in [3.05, 3.63) is 33.8 Å². The zero-order valence-corrected chi connectivity index (χ0v) is 10.3. The first kappa shape index (κ1) is 12.3. The van der Waals surface area contributed by atoms with Crippen LogP contribution in [0.2, 0.25) is 10.0 Å². The Labute approximate surface area is 100 Å². The normalized spacial score (nSPS) is 12.2. The summed E-state index contributed by atoms with van der Waals surface area (Å²) < 4.78 is 0. The van der Waals surface area contributed by atoms with E-state index in [-0.39, 0.29) is 6.04 Å². The van der Waals surface area contributed by atoms with Crippen LogP contribution in [0.15, 0.2) is 23.2 Å². The standard InChI is InChI=1S/C11H14Cl2N2/c1-7(2)15-11(14)6-8-9(12)4-3-5-10(8)13/h3-5,7H,6H2,1-2H3,(H2,14,15). The second kappa shape index (κ2) is 5.38. The Balaban J connectivity index is 2.90. The first-order valence-corrected chi connectivity index (χ1v) is 5.51. The summed E-state index contributed by atoms with van der Waals surface area (Å²) in [4.78, 5) is 4.23. The molecule has 4 heteroatoms. The lowest BCUT2D eigenvalue weighted by atomic mass is 10.1. The predicted octanol–water partition coefficient (Wildman–Crippen LogP) is 3.30. The average Bonchev–Trinajstić information content (AvgIpc) is 2.10. The van der Waals surface area contributed by atoms with Crippen LogP contribution in [0.5, 0.6) is 0 Å². The molecule has 0 fully saturated rings. The lowest BCUT2D eigenvalue weighted by molar-refractivity contribution is 0.829. The molecule has 0 spiro atoms. The Morgan fingerprint density at radius 1 is 1.33 bits per heavy atom. The molecule has 2 nitrogen and oxygen atoms in total. The summed E-state index contributed by atoms with van der Waals surface area (Å²) in [5.74, 6) is 0.556. The van der Waals surface area contributed by atoms with Gasteiger partial charge in [-0.05, 0) is 31.5 Å². The fraction of sp³-hybridized carbons (Fsp3) is 0.364. The number of hydrogen-bond acceptors (Lipinski definition) is 1. The quantitative estimate of drug-likeness (QED) is 0.644. The molecule has 0 aliphatic carbocycles. The van der Waals surface area contributed by atoms with Crippen molar-refractivity contribution in [3.63, 3.8) is 0 Å². The van der Waals surface area contributed by atoms with E-state index in [1.165, 1.54) is 0 Å². The monoisotopic (exact) mass is 244 g/mol. The average molecular weight is 245 g/mol. The third kappa shape index (κ3) is 3.73. The number of aliphatic imine (C=N–C) groups is 1. The second-order valence-corrected chi connectivity index (χ2v) is 4.41. The van der Waals surface area contributed by atoms with Crippen LogP contribution in [-0.4, -0.2) is 11.9 Å². The molecule has 0 aliphatic heterocycles. The molecule has 2 N–H and O–H groups in total. The summed E-state index contributed by atoms with van der Waals surface area (Å²) in [5.41, 5.74) is 6.61. The maximum Gasteiger partial charge on any atom is 0.0985 e. The van der Waals surface area contributed by atoms with Gasteiger partial charge in [0.25, 0.3) is 0 Å². The second-order valence-electron chi connectivity index (χ2n) is 3.59. The minimum absolute atomic E-state index is 0.186. The number of rotatable bonds is 3. The smallest absolute Gasteiger partial charge is 0.0985 e. The molecule has 1 rings (SSSR count). The van der Waals surface area contributed by atoms with Crippen molar-refractivity contribution in [1.29, 1.82) is 0 Å². The van der Waals surface area contributed by atoms with Crippen LogP contribution in [0, 0.1) is 0 Å². The van der Waals surface area contributed by atoms with Crippen LogP contribution in [0.4, 0.5) is 0 Å². The first-order valence-electron chi connectivity index (χ1n) is 4.75. The maximum atomic E-state index is 6.02. The van der Waals surface area contributed by atoms with E-state index in [4.69, 9.17) is 28.9 Å². The van der Waals surface area contributed by atoms with E-state index in [9.17, 15) is 0 Å². The molecular formula is C11H14Cl2N2. The maximum absolute atomic E-state index is 6.02. The molecule has 0 saturated carbocycles. The number of benzene rings is 1. The van der Waals surface area contributed by atoms with Gasteiger partial charge in [-0.3, -0.25) is 4.99 Å². The molecular weight excluding hydrogens is 231 g/mol. The minimum Gasteiger partial charge on any atom is -0.387 e. The van der Waals surface area contributed by atoms with E-state index in [2.05, 4.69) is 4.99 Å². The Morgan fingerprint density at radius 3 is 2.33 bits per heavy atom. The van der Waals surface area contributed by atoms with Gasteiger partial charge in [-0.15, -0.1) is 0 Å². The molecule has 1 aromatic rings. The first-order chi connectivity index (χ1) is 7.00. The predicted molar refractivity (Wildman–Crippen MR) is 66.9 cm³/mol. The van der Waals surface area contributed by atoms with Crippen LogP contribution in [0.3, 0.4) is 0 Å². The van der Waals surface area contributed by atoms with E-state index in [0.29, 0.717) is 22.3 Å². The van der Waals surface area contributed by atoms with E-state index < -0.39 is 0 Å². The summed E-state index contributed by atoms with van der Waals surface area (Å²) in [5, 5.41) is 1.26. The van der Waals surface area contributed by atoms with Crippen LogP contribution in [0.25, 0.3) is 0 Å². The third-order valence-electron chi connectivity index (χ3n) is 1.84. The molecule has 15 heavy (non-hydrogen) atoms. The van der Waals surface area contributed by atoms with Crippen LogP contribution < -0.4 is 5.73 Å². The van der Waals surface area contributed by atoms with Crippen molar-refractivity contribution in [3.8, 4) is 0 Å². The molecule has 82 valence electrons. The topological polar surface area (TPSA) is 38.4 Å². The van der Waals surface area contributed by atoms with E-state index in [1.807, 2.05) is 19.9 Å². The molecule has 1 aromatic carbocycles. The molecule has 0 unspecified atom stereocenters. The van der Waals surface area contributed by atoms with Gasteiger partial charge in [0.2, 0.25) is 0 Å². The largest absolute Gasteiger partial charge is 0.387 e. The van der Waals surface area contributed by atoms with Gasteiger partial charge < -0.3 is 5.73 Å². The Bertz CT molecular complexity index is 353. The highest BCUT2D eigenvalue weighted by Crippen LogP contribution is 2.24. The highest BCUT2D eigenvalue weighted by Gasteiger charge is 2.07. The number of halogens is 2. The molecule has 0 radical (unpaired) electrons. The SMILES string of the molecule is CC(C)N=C(N)Cc1c(Cl)cccc1Cl. The van der Waals surface area contributed by atoms with Gasteiger partial charge in [0.1, 0.15) is 0 Å². The lowest BCUT2D eigenvalue weighted by Crippen LogP contribution is -2.17. The van der Waals surface area contributed by atoms with Gasteiger partial charge in [0.05, 0.1) is 5.84 Å². The van der Waals surface area contributed by atoms with Crippen LogP contribution in [-0.2, 0) is 6.42 Å². The van der Waals surface area contributed by atoms with Crippen molar-refractivity contribution in [1.82, 2.24) is 0 Å². The van der Waals surface area contributed by atoms with Crippen molar-refractivity contribution < 1.29 is 0 Å². The Kier molecular flexibility index (Phi) is 4.43. The summed E-state index contributed by atoms with van der Waals surface area (Å²) in [7, 11) is 0. The van der Waals surface area contributed by atoms with Gasteiger partial charge in [-0.1, -0.05) is 29.3 Å². The molecule has 0 atom stereocenters. The highest BCUT2D eigenvalue weighted by atomic mass is 35.5. The molecule has 0 heterocycles. The summed E-state index contributed by atoms with van der Waals surface area (Å²) in [6.07, 6.45) is 0.497. The minimum atomic E-state index is 0.186. The van der Waals surface area contributed by atoms with Gasteiger partial charge in [0, 0.05) is 22.5 Å². The Morgan fingerprint density at radius 2 is 1.87 bits per heavy atom. The molecule has 0 saturated heterocycles. The molecule has 0 bridgehead atoms. The summed E-state index contributed by atoms with van der Waals surface area (Å²) in [6.45, 7) is 3.95. The van der Waals surface area contributed by atoms with Crippen molar-refractivity contribution >= 4 is 29.0 Å². The van der Waals surface area contributed by atoms with Crippen molar-refractivity contribution in [2.75, 3.05) is 0 Å². The van der Waals surface area contributed by atoms with E-state index in [0.717, 1.165) is 5.56 Å². The zero-order valence-electron chi connectivity index (χ0n) is 8.80. The zero-order chi connectivity index (χ0) is 11.4. The molecule has 0 aromatic heterocycles. The van der Waals surface area contributed by atoms with Gasteiger partial charge in [-0.2, -0.15) is 0 Å².